The summed E-state index contributed by atoms with van der Waals surface area (Å²) < 4.78 is 3.74. The van der Waals surface area contributed by atoms with Gasteiger partial charge in [-0.3, -0.25) is 4.79 Å². The van der Waals surface area contributed by atoms with Crippen LogP contribution < -0.4 is 5.32 Å². The van der Waals surface area contributed by atoms with E-state index in [2.05, 4.69) is 57.9 Å². The average molecular weight is 393 g/mol. The second kappa shape index (κ2) is 6.02. The molecule has 1 aliphatic rings. The van der Waals surface area contributed by atoms with Gasteiger partial charge in [-0.15, -0.1) is 0 Å². The van der Waals surface area contributed by atoms with Gasteiger partial charge in [-0.05, 0) is 55.8 Å². The topological polar surface area (TPSA) is 34.0 Å². The maximum Gasteiger partial charge on any atom is 0.263 e. The van der Waals surface area contributed by atoms with Crippen molar-refractivity contribution in [2.75, 3.05) is 0 Å². The highest BCUT2D eigenvalue weighted by Crippen LogP contribution is 2.29. The highest BCUT2D eigenvalue weighted by Gasteiger charge is 2.22. The van der Waals surface area contributed by atoms with Crippen LogP contribution in [-0.2, 0) is 4.79 Å². The first kappa shape index (κ1) is 15.5. The molecule has 1 amide bonds. The number of thioether (sulfide) groups is 1. The molecule has 0 aliphatic carbocycles. The minimum absolute atomic E-state index is 0.122. The van der Waals surface area contributed by atoms with Gasteiger partial charge in [0.25, 0.3) is 5.91 Å². The summed E-state index contributed by atoms with van der Waals surface area (Å²) >= 11 is 9.78. The fourth-order valence-corrected chi connectivity index (χ4v) is 3.78. The van der Waals surface area contributed by atoms with Crippen molar-refractivity contribution >= 4 is 56.2 Å². The number of rotatable bonds is 2. The molecule has 0 saturated carbocycles. The molecular weight excluding hydrogens is 380 g/mol. The number of thiocarbonyl (C=S) groups is 1. The van der Waals surface area contributed by atoms with Crippen molar-refractivity contribution in [2.45, 2.75) is 13.8 Å². The molecule has 2 heterocycles. The van der Waals surface area contributed by atoms with Crippen LogP contribution in [0.4, 0.5) is 0 Å². The number of carbonyl (C=O) groups is 1. The number of hydrogen-bond donors (Lipinski definition) is 1. The Bertz CT molecular complexity index is 806. The molecule has 112 valence electrons. The summed E-state index contributed by atoms with van der Waals surface area (Å²) in [7, 11) is 0. The molecular formula is C16H13BrN2OS2. The molecule has 1 aromatic heterocycles. The lowest BCUT2D eigenvalue weighted by atomic mass is 10.2. The third-order valence-electron chi connectivity index (χ3n) is 3.48. The summed E-state index contributed by atoms with van der Waals surface area (Å²) in [6, 6.07) is 10.2. The molecule has 1 fully saturated rings. The second-order valence-electron chi connectivity index (χ2n) is 4.99. The molecule has 1 aromatic carbocycles. The second-order valence-corrected chi connectivity index (χ2v) is 7.63. The summed E-state index contributed by atoms with van der Waals surface area (Å²) in [4.78, 5) is 12.4. The fourth-order valence-electron chi connectivity index (χ4n) is 2.48. The molecule has 1 saturated heterocycles. The average Bonchev–Trinajstić information content (AvgIpc) is 2.92. The van der Waals surface area contributed by atoms with E-state index in [9.17, 15) is 4.79 Å². The van der Waals surface area contributed by atoms with Gasteiger partial charge in [-0.25, -0.2) is 0 Å². The van der Waals surface area contributed by atoms with E-state index in [1.54, 1.807) is 0 Å². The molecule has 0 spiro atoms. The van der Waals surface area contributed by atoms with E-state index < -0.39 is 0 Å². The summed E-state index contributed by atoms with van der Waals surface area (Å²) in [6.45, 7) is 4.11. The Morgan fingerprint density at radius 2 is 1.95 bits per heavy atom. The monoisotopic (exact) mass is 392 g/mol. The predicted molar refractivity (Wildman–Crippen MR) is 99.3 cm³/mol. The van der Waals surface area contributed by atoms with Crippen molar-refractivity contribution < 1.29 is 4.79 Å². The van der Waals surface area contributed by atoms with Gasteiger partial charge in [0.1, 0.15) is 4.32 Å². The maximum atomic E-state index is 11.8. The third-order valence-corrected chi connectivity index (χ3v) is 5.18. The Morgan fingerprint density at radius 1 is 1.27 bits per heavy atom. The van der Waals surface area contributed by atoms with Crippen molar-refractivity contribution in [3.05, 3.63) is 56.7 Å². The lowest BCUT2D eigenvalue weighted by molar-refractivity contribution is -0.115. The Kier molecular flexibility index (Phi) is 4.25. The first-order valence-electron chi connectivity index (χ1n) is 6.65. The lowest BCUT2D eigenvalue weighted by Gasteiger charge is -2.09. The molecule has 0 radical (unpaired) electrons. The number of halogens is 1. The van der Waals surface area contributed by atoms with Crippen molar-refractivity contribution in [1.29, 1.82) is 0 Å². The molecule has 3 rings (SSSR count). The predicted octanol–water partition coefficient (Wildman–Crippen LogP) is 4.35. The zero-order valence-corrected chi connectivity index (χ0v) is 15.2. The molecule has 3 nitrogen and oxygen atoms in total. The van der Waals surface area contributed by atoms with Crippen LogP contribution in [0.1, 0.15) is 17.0 Å². The first-order chi connectivity index (χ1) is 10.5. The summed E-state index contributed by atoms with van der Waals surface area (Å²) in [6.07, 6.45) is 1.90. The Labute approximate surface area is 146 Å². The zero-order chi connectivity index (χ0) is 15.9. The normalized spacial score (nSPS) is 16.4. The third kappa shape index (κ3) is 2.91. The van der Waals surface area contributed by atoms with E-state index in [-0.39, 0.29) is 5.91 Å². The molecule has 0 unspecified atom stereocenters. The minimum Gasteiger partial charge on any atom is -0.318 e. The number of amides is 1. The molecule has 2 aromatic rings. The van der Waals surface area contributed by atoms with Gasteiger partial charge < -0.3 is 9.88 Å². The van der Waals surface area contributed by atoms with Crippen molar-refractivity contribution in [1.82, 2.24) is 9.88 Å². The minimum atomic E-state index is -0.122. The molecule has 1 N–H and O–H groups in total. The van der Waals surface area contributed by atoms with Gasteiger partial charge in [0.05, 0.1) is 4.91 Å². The first-order valence-corrected chi connectivity index (χ1v) is 8.67. The van der Waals surface area contributed by atoms with Crippen molar-refractivity contribution in [3.63, 3.8) is 0 Å². The largest absolute Gasteiger partial charge is 0.318 e. The Hall–Kier alpha value is -1.37. The van der Waals surface area contributed by atoms with Crippen LogP contribution in [0.25, 0.3) is 11.8 Å². The number of carbonyl (C=O) groups excluding carboxylic acids is 1. The number of hydrogen-bond acceptors (Lipinski definition) is 3. The van der Waals surface area contributed by atoms with Crippen LogP contribution in [0.15, 0.2) is 39.7 Å². The Balaban J connectivity index is 2.04. The van der Waals surface area contributed by atoms with Gasteiger partial charge in [-0.1, -0.05) is 39.9 Å². The molecule has 6 heteroatoms. The standard InChI is InChI=1S/C16H13BrN2OS2/c1-9-7-11(8-14-15(20)18-16(21)22-14)10(2)19(9)13-5-3-12(17)4-6-13/h3-8H,1-2H3,(H,18,20,21)/b14-8-. The SMILES string of the molecule is Cc1cc(/C=C2\SC(=S)NC2=O)c(C)n1-c1ccc(Br)cc1. The van der Waals surface area contributed by atoms with Gasteiger partial charge in [0.15, 0.2) is 0 Å². The van der Waals surface area contributed by atoms with Gasteiger partial charge in [0, 0.05) is 21.5 Å². The molecule has 1 aliphatic heterocycles. The summed E-state index contributed by atoms with van der Waals surface area (Å²) in [5.74, 6) is -0.122. The molecule has 0 bridgehead atoms. The number of nitrogens with one attached hydrogen (secondary N) is 1. The van der Waals surface area contributed by atoms with E-state index >= 15 is 0 Å². The van der Waals surface area contributed by atoms with Crippen LogP contribution >= 0.6 is 39.9 Å². The quantitative estimate of drug-likeness (QED) is 0.609. The van der Waals surface area contributed by atoms with Crippen LogP contribution in [0, 0.1) is 13.8 Å². The van der Waals surface area contributed by atoms with E-state index in [1.165, 1.54) is 11.8 Å². The van der Waals surface area contributed by atoms with E-state index in [1.807, 2.05) is 18.2 Å². The van der Waals surface area contributed by atoms with Crippen LogP contribution in [-0.4, -0.2) is 14.8 Å². The van der Waals surface area contributed by atoms with Crippen molar-refractivity contribution in [3.8, 4) is 5.69 Å². The lowest BCUT2D eigenvalue weighted by Crippen LogP contribution is -2.17. The van der Waals surface area contributed by atoms with Crippen LogP contribution in [0.5, 0.6) is 0 Å². The highest BCUT2D eigenvalue weighted by molar-refractivity contribution is 9.10. The summed E-state index contributed by atoms with van der Waals surface area (Å²) in [5.41, 5.74) is 4.35. The molecule has 22 heavy (non-hydrogen) atoms. The zero-order valence-electron chi connectivity index (χ0n) is 12.0. The molecule has 0 atom stereocenters. The Morgan fingerprint density at radius 3 is 2.55 bits per heavy atom. The number of benzene rings is 1. The number of nitrogens with zero attached hydrogens (tertiary/aromatic N) is 1. The van der Waals surface area contributed by atoms with Crippen molar-refractivity contribution in [2.24, 2.45) is 0 Å². The van der Waals surface area contributed by atoms with Crippen LogP contribution in [0.2, 0.25) is 0 Å². The maximum absolute atomic E-state index is 11.8. The number of aryl methyl sites for hydroxylation is 1. The van der Waals surface area contributed by atoms with Gasteiger partial charge in [0.2, 0.25) is 0 Å². The highest BCUT2D eigenvalue weighted by atomic mass is 79.9. The summed E-state index contributed by atoms with van der Waals surface area (Å²) in [5, 5.41) is 2.64. The van der Waals surface area contributed by atoms with Crippen LogP contribution in [0.3, 0.4) is 0 Å². The van der Waals surface area contributed by atoms with Gasteiger partial charge >= 0.3 is 0 Å². The number of aromatic nitrogens is 1. The fraction of sp³-hybridized carbons (Fsp3) is 0.125. The van der Waals surface area contributed by atoms with E-state index in [4.69, 9.17) is 12.2 Å². The van der Waals surface area contributed by atoms with Gasteiger partial charge in [-0.2, -0.15) is 0 Å². The van der Waals surface area contributed by atoms with E-state index in [0.717, 1.165) is 27.1 Å². The van der Waals surface area contributed by atoms with E-state index in [0.29, 0.717) is 9.23 Å². The smallest absolute Gasteiger partial charge is 0.263 e.